The van der Waals surface area contributed by atoms with E-state index in [2.05, 4.69) is 5.32 Å². The van der Waals surface area contributed by atoms with Crippen LogP contribution in [-0.4, -0.2) is 4.92 Å². The van der Waals surface area contributed by atoms with Crippen molar-refractivity contribution >= 4 is 11.4 Å². The fourth-order valence-electron chi connectivity index (χ4n) is 1.70. The highest BCUT2D eigenvalue weighted by Crippen LogP contribution is 2.26. The van der Waals surface area contributed by atoms with E-state index in [9.17, 15) is 27.7 Å². The van der Waals surface area contributed by atoms with Gasteiger partial charge in [0.1, 0.15) is 17.5 Å². The van der Waals surface area contributed by atoms with Crippen LogP contribution in [0.2, 0.25) is 0 Å². The van der Waals surface area contributed by atoms with Crippen LogP contribution in [0, 0.1) is 33.4 Å². The Labute approximate surface area is 116 Å². The van der Waals surface area contributed by atoms with E-state index < -0.39 is 46.1 Å². The molecule has 0 unspecified atom stereocenters. The Bertz CT molecular complexity index is 687. The summed E-state index contributed by atoms with van der Waals surface area (Å²) in [5, 5.41) is 12.9. The van der Waals surface area contributed by atoms with Gasteiger partial charge >= 0.3 is 5.69 Å². The minimum Gasteiger partial charge on any atom is -0.378 e. The number of hydrogen-bond donors (Lipinski definition) is 1. The van der Waals surface area contributed by atoms with E-state index in [-0.39, 0.29) is 5.56 Å². The number of nitrogens with zero attached hydrogens (tertiary/aromatic N) is 1. The van der Waals surface area contributed by atoms with Gasteiger partial charge in [-0.2, -0.15) is 4.39 Å². The molecule has 21 heavy (non-hydrogen) atoms. The number of benzene rings is 2. The molecule has 0 heterocycles. The first kappa shape index (κ1) is 14.8. The average Bonchev–Trinajstić information content (AvgIpc) is 2.39. The summed E-state index contributed by atoms with van der Waals surface area (Å²) < 4.78 is 53.4. The van der Waals surface area contributed by atoms with E-state index in [1.165, 1.54) is 0 Å². The molecule has 2 aromatic rings. The lowest BCUT2D eigenvalue weighted by Crippen LogP contribution is -2.07. The summed E-state index contributed by atoms with van der Waals surface area (Å²) in [6.45, 7) is -0.446. The molecule has 0 radical (unpaired) electrons. The third-order valence-corrected chi connectivity index (χ3v) is 2.75. The first-order chi connectivity index (χ1) is 9.90. The van der Waals surface area contributed by atoms with Crippen molar-refractivity contribution in [1.82, 2.24) is 0 Å². The number of halogens is 4. The van der Waals surface area contributed by atoms with Gasteiger partial charge < -0.3 is 5.32 Å². The fourth-order valence-corrected chi connectivity index (χ4v) is 1.70. The summed E-state index contributed by atoms with van der Waals surface area (Å²) in [5.74, 6) is -4.13. The van der Waals surface area contributed by atoms with Crippen LogP contribution in [0.1, 0.15) is 5.56 Å². The van der Waals surface area contributed by atoms with Crippen LogP contribution in [0.25, 0.3) is 0 Å². The maximum Gasteiger partial charge on any atom is 0.307 e. The van der Waals surface area contributed by atoms with E-state index in [0.29, 0.717) is 12.1 Å². The lowest BCUT2D eigenvalue weighted by atomic mass is 10.2. The Balaban J connectivity index is 2.28. The van der Waals surface area contributed by atoms with Gasteiger partial charge in [-0.1, -0.05) is 6.07 Å². The fraction of sp³-hybridized carbons (Fsp3) is 0.0769. The van der Waals surface area contributed by atoms with Crippen molar-refractivity contribution in [3.8, 4) is 0 Å². The maximum atomic E-state index is 13.5. The summed E-state index contributed by atoms with van der Waals surface area (Å²) >= 11 is 0. The quantitative estimate of drug-likeness (QED) is 0.531. The van der Waals surface area contributed by atoms with Crippen LogP contribution in [0.5, 0.6) is 0 Å². The number of anilines is 1. The Morgan fingerprint density at radius 2 is 1.62 bits per heavy atom. The second kappa shape index (κ2) is 5.78. The summed E-state index contributed by atoms with van der Waals surface area (Å²) in [4.78, 5) is 9.54. The van der Waals surface area contributed by atoms with Crippen molar-refractivity contribution in [1.29, 1.82) is 0 Å². The van der Waals surface area contributed by atoms with Gasteiger partial charge in [0.25, 0.3) is 0 Å². The lowest BCUT2D eigenvalue weighted by Gasteiger charge is -2.09. The molecule has 2 aromatic carbocycles. The average molecular weight is 300 g/mol. The minimum absolute atomic E-state index is 0.332. The molecule has 0 spiro atoms. The van der Waals surface area contributed by atoms with Crippen LogP contribution < -0.4 is 5.32 Å². The Kier molecular flexibility index (Phi) is 4.06. The summed E-state index contributed by atoms with van der Waals surface area (Å²) in [5.41, 5.74) is -1.72. The molecule has 0 aliphatic carbocycles. The van der Waals surface area contributed by atoms with Gasteiger partial charge in [-0.25, -0.2) is 13.2 Å². The molecule has 0 bridgehead atoms. The predicted molar refractivity (Wildman–Crippen MR) is 66.7 cm³/mol. The van der Waals surface area contributed by atoms with Crippen LogP contribution in [0.3, 0.4) is 0 Å². The van der Waals surface area contributed by atoms with Crippen molar-refractivity contribution in [2.45, 2.75) is 6.54 Å². The highest BCUT2D eigenvalue weighted by Gasteiger charge is 2.19. The standard InChI is InChI=1S/C13H8F4N2O2/c14-8-2-1-3-9(15)7(8)6-18-12-5-13(19(20)21)11(17)4-10(12)16/h1-5,18H,6H2. The molecule has 0 atom stereocenters. The van der Waals surface area contributed by atoms with Crippen LogP contribution in [-0.2, 0) is 6.54 Å². The highest BCUT2D eigenvalue weighted by molar-refractivity contribution is 5.53. The number of hydrogen-bond acceptors (Lipinski definition) is 3. The molecule has 0 aliphatic heterocycles. The molecule has 0 saturated heterocycles. The van der Waals surface area contributed by atoms with Gasteiger partial charge in [-0.3, -0.25) is 10.1 Å². The van der Waals surface area contributed by atoms with E-state index in [1.807, 2.05) is 0 Å². The normalized spacial score (nSPS) is 10.5. The zero-order valence-electron chi connectivity index (χ0n) is 10.4. The lowest BCUT2D eigenvalue weighted by molar-refractivity contribution is -0.387. The maximum absolute atomic E-state index is 13.5. The highest BCUT2D eigenvalue weighted by atomic mass is 19.1. The first-order valence-corrected chi connectivity index (χ1v) is 5.70. The van der Waals surface area contributed by atoms with Crippen molar-refractivity contribution in [3.63, 3.8) is 0 Å². The smallest absolute Gasteiger partial charge is 0.307 e. The number of nitro groups is 1. The SMILES string of the molecule is O=[N+]([O-])c1cc(NCc2c(F)cccc2F)c(F)cc1F. The monoisotopic (exact) mass is 300 g/mol. The van der Waals surface area contributed by atoms with Gasteiger partial charge in [0.2, 0.25) is 5.82 Å². The molecule has 0 aromatic heterocycles. The molecule has 2 rings (SSSR count). The van der Waals surface area contributed by atoms with Crippen LogP contribution in [0.15, 0.2) is 30.3 Å². The van der Waals surface area contributed by atoms with Crippen molar-refractivity contribution in [2.75, 3.05) is 5.32 Å². The molecular formula is C13H8F4N2O2. The van der Waals surface area contributed by atoms with Crippen molar-refractivity contribution in [2.24, 2.45) is 0 Å². The summed E-state index contributed by atoms with van der Waals surface area (Å²) in [6, 6.07) is 4.16. The van der Waals surface area contributed by atoms with E-state index in [1.54, 1.807) is 0 Å². The molecule has 0 fully saturated rings. The third kappa shape index (κ3) is 3.10. The Morgan fingerprint density at radius 3 is 2.19 bits per heavy atom. The molecule has 0 aliphatic rings. The summed E-state index contributed by atoms with van der Waals surface area (Å²) in [7, 11) is 0. The molecule has 1 N–H and O–H groups in total. The Hall–Kier alpha value is -2.64. The Morgan fingerprint density at radius 1 is 1.00 bits per heavy atom. The molecule has 0 saturated carbocycles. The van der Waals surface area contributed by atoms with Crippen molar-refractivity contribution in [3.05, 3.63) is 69.3 Å². The molecule has 0 amide bonds. The van der Waals surface area contributed by atoms with Gasteiger partial charge in [0.05, 0.1) is 10.6 Å². The first-order valence-electron chi connectivity index (χ1n) is 5.70. The van der Waals surface area contributed by atoms with E-state index >= 15 is 0 Å². The van der Waals surface area contributed by atoms with E-state index in [0.717, 1.165) is 18.2 Å². The zero-order chi connectivity index (χ0) is 15.6. The molecule has 8 heteroatoms. The largest absolute Gasteiger partial charge is 0.378 e. The van der Waals surface area contributed by atoms with Gasteiger partial charge in [-0.15, -0.1) is 0 Å². The van der Waals surface area contributed by atoms with Crippen molar-refractivity contribution < 1.29 is 22.5 Å². The zero-order valence-corrected chi connectivity index (χ0v) is 10.4. The van der Waals surface area contributed by atoms with Crippen LogP contribution >= 0.6 is 0 Å². The topological polar surface area (TPSA) is 55.2 Å². The van der Waals surface area contributed by atoms with E-state index in [4.69, 9.17) is 0 Å². The van der Waals surface area contributed by atoms with Crippen LogP contribution in [0.4, 0.5) is 28.9 Å². The summed E-state index contributed by atoms with van der Waals surface area (Å²) in [6.07, 6.45) is 0. The third-order valence-electron chi connectivity index (χ3n) is 2.75. The number of nitro benzene ring substituents is 1. The molecular weight excluding hydrogens is 292 g/mol. The van der Waals surface area contributed by atoms with Gasteiger partial charge in [-0.05, 0) is 12.1 Å². The molecule has 4 nitrogen and oxygen atoms in total. The minimum atomic E-state index is -1.33. The predicted octanol–water partition coefficient (Wildman–Crippen LogP) is 3.76. The second-order valence-corrected chi connectivity index (χ2v) is 4.09. The second-order valence-electron chi connectivity index (χ2n) is 4.09. The van der Waals surface area contributed by atoms with Gasteiger partial charge in [0.15, 0.2) is 0 Å². The number of rotatable bonds is 4. The number of nitrogens with one attached hydrogen (secondary N) is 1. The van der Waals surface area contributed by atoms with Gasteiger partial charge in [0, 0.05) is 24.2 Å². The molecule has 110 valence electrons.